The van der Waals surface area contributed by atoms with Gasteiger partial charge in [-0.25, -0.2) is 4.98 Å². The number of hydrogen-bond donors (Lipinski definition) is 2. The molecule has 0 atom stereocenters. The molecule has 0 saturated carbocycles. The number of ether oxygens (including phenoxy) is 1. The van der Waals surface area contributed by atoms with Crippen LogP contribution in [0.2, 0.25) is 5.15 Å². The number of pyridine rings is 1. The lowest BCUT2D eigenvalue weighted by atomic mass is 10.3. The van der Waals surface area contributed by atoms with Gasteiger partial charge in [-0.3, -0.25) is 0 Å². The van der Waals surface area contributed by atoms with E-state index in [2.05, 4.69) is 15.6 Å². The highest BCUT2D eigenvalue weighted by atomic mass is 35.5. The van der Waals surface area contributed by atoms with Gasteiger partial charge in [0.15, 0.2) is 10.3 Å². The average Bonchev–Trinajstić information content (AvgIpc) is 2.60. The number of rotatable bonds is 4. The summed E-state index contributed by atoms with van der Waals surface area (Å²) in [5.41, 5.74) is 1.49. The first-order valence-corrected chi connectivity index (χ1v) is 8.01. The van der Waals surface area contributed by atoms with Crippen molar-refractivity contribution >= 4 is 40.3 Å². The molecule has 2 aromatic carbocycles. The van der Waals surface area contributed by atoms with E-state index in [-0.39, 0.29) is 0 Å². The van der Waals surface area contributed by atoms with Crippen LogP contribution in [0.25, 0.3) is 0 Å². The zero-order chi connectivity index (χ0) is 16.8. The molecule has 0 bridgehead atoms. The molecule has 0 unspecified atom stereocenters. The third-order valence-corrected chi connectivity index (χ3v) is 3.60. The number of thiocarbonyl (C=S) groups is 1. The van der Waals surface area contributed by atoms with Crippen LogP contribution in [-0.2, 0) is 0 Å². The first kappa shape index (κ1) is 16.2. The number of para-hydroxylation sites is 1. The molecule has 3 aromatic rings. The van der Waals surface area contributed by atoms with Crippen LogP contribution in [0.4, 0.5) is 11.4 Å². The smallest absolute Gasteiger partial charge is 0.175 e. The predicted octanol–water partition coefficient (Wildman–Crippen LogP) is 5.34. The van der Waals surface area contributed by atoms with Crippen molar-refractivity contribution in [2.75, 3.05) is 10.6 Å². The van der Waals surface area contributed by atoms with Crippen LogP contribution in [0, 0.1) is 0 Å². The molecular weight excluding hydrogens is 342 g/mol. The van der Waals surface area contributed by atoms with Gasteiger partial charge >= 0.3 is 0 Å². The first-order valence-electron chi connectivity index (χ1n) is 7.22. The second-order valence-electron chi connectivity index (χ2n) is 4.86. The molecule has 0 radical (unpaired) electrons. The van der Waals surface area contributed by atoms with Crippen LogP contribution in [0.1, 0.15) is 0 Å². The molecule has 3 rings (SSSR count). The molecule has 0 spiro atoms. The third-order valence-electron chi connectivity index (χ3n) is 3.10. The van der Waals surface area contributed by atoms with Crippen LogP contribution in [0.5, 0.6) is 11.5 Å². The maximum atomic E-state index is 5.99. The van der Waals surface area contributed by atoms with E-state index >= 15 is 0 Å². The predicted molar refractivity (Wildman–Crippen MR) is 102 cm³/mol. The Morgan fingerprint density at radius 1 is 0.875 bits per heavy atom. The second-order valence-corrected chi connectivity index (χ2v) is 5.63. The van der Waals surface area contributed by atoms with Crippen molar-refractivity contribution in [3.05, 3.63) is 78.1 Å². The van der Waals surface area contributed by atoms with Gasteiger partial charge in [-0.15, -0.1) is 0 Å². The summed E-state index contributed by atoms with van der Waals surface area (Å²) in [6.45, 7) is 0. The van der Waals surface area contributed by atoms with Crippen LogP contribution >= 0.6 is 23.8 Å². The van der Waals surface area contributed by atoms with Gasteiger partial charge < -0.3 is 15.4 Å². The van der Waals surface area contributed by atoms with Gasteiger partial charge in [-0.05, 0) is 60.7 Å². The summed E-state index contributed by atoms with van der Waals surface area (Å²) in [5, 5.41) is 6.90. The zero-order valence-electron chi connectivity index (χ0n) is 12.6. The lowest BCUT2D eigenvalue weighted by Gasteiger charge is -2.12. The molecule has 24 heavy (non-hydrogen) atoms. The quantitative estimate of drug-likeness (QED) is 0.489. The van der Waals surface area contributed by atoms with E-state index < -0.39 is 0 Å². The minimum absolute atomic E-state index is 0.369. The van der Waals surface area contributed by atoms with Gasteiger partial charge in [0, 0.05) is 11.9 Å². The summed E-state index contributed by atoms with van der Waals surface area (Å²) in [6, 6.07) is 20.7. The van der Waals surface area contributed by atoms with Crippen molar-refractivity contribution in [1.82, 2.24) is 4.98 Å². The monoisotopic (exact) mass is 355 g/mol. The van der Waals surface area contributed by atoms with Crippen LogP contribution in [0.3, 0.4) is 0 Å². The Bertz CT molecular complexity index is 825. The Labute approximate surface area is 150 Å². The first-order chi connectivity index (χ1) is 11.7. The molecular formula is C18H14ClN3OS. The summed E-state index contributed by atoms with van der Waals surface area (Å²) < 4.78 is 5.75. The van der Waals surface area contributed by atoms with Crippen molar-refractivity contribution in [2.24, 2.45) is 0 Å². The molecule has 0 aliphatic carbocycles. The summed E-state index contributed by atoms with van der Waals surface area (Å²) in [7, 11) is 0. The Morgan fingerprint density at radius 3 is 2.29 bits per heavy atom. The van der Waals surface area contributed by atoms with Crippen molar-refractivity contribution in [1.29, 1.82) is 0 Å². The van der Waals surface area contributed by atoms with Gasteiger partial charge in [0.05, 0.1) is 5.69 Å². The fourth-order valence-electron chi connectivity index (χ4n) is 1.99. The molecule has 0 fully saturated rings. The second kappa shape index (κ2) is 7.77. The molecule has 0 aliphatic heterocycles. The molecule has 2 N–H and O–H groups in total. The number of nitrogens with one attached hydrogen (secondary N) is 2. The molecule has 1 heterocycles. The van der Waals surface area contributed by atoms with Crippen LogP contribution in [-0.4, -0.2) is 10.1 Å². The van der Waals surface area contributed by atoms with Crippen LogP contribution < -0.4 is 15.4 Å². The van der Waals surface area contributed by atoms with Gasteiger partial charge in [0.25, 0.3) is 0 Å². The summed E-state index contributed by atoms with van der Waals surface area (Å²) in [4.78, 5) is 3.99. The fraction of sp³-hybridized carbons (Fsp3) is 0. The Balaban J connectivity index is 1.60. The van der Waals surface area contributed by atoms with Gasteiger partial charge in [-0.2, -0.15) is 0 Å². The minimum Gasteiger partial charge on any atom is -0.457 e. The van der Waals surface area contributed by atoms with Crippen LogP contribution in [0.15, 0.2) is 72.9 Å². The van der Waals surface area contributed by atoms with E-state index in [0.717, 1.165) is 17.2 Å². The average molecular weight is 356 g/mol. The molecule has 120 valence electrons. The van der Waals surface area contributed by atoms with E-state index in [9.17, 15) is 0 Å². The standard InChI is InChI=1S/C18H14ClN3OS/c19-17-16(7-4-12-20-17)22-18(24)21-13-8-10-15(11-9-13)23-14-5-2-1-3-6-14/h1-12H,(H2,21,22,24). The maximum absolute atomic E-state index is 5.99. The number of nitrogens with zero attached hydrogens (tertiary/aromatic N) is 1. The number of benzene rings is 2. The molecule has 0 saturated heterocycles. The van der Waals surface area contributed by atoms with Crippen molar-refractivity contribution in [3.63, 3.8) is 0 Å². The van der Waals surface area contributed by atoms with E-state index in [1.54, 1.807) is 18.3 Å². The number of aromatic nitrogens is 1. The molecule has 4 nitrogen and oxygen atoms in total. The minimum atomic E-state index is 0.369. The third kappa shape index (κ3) is 4.44. The Hall–Kier alpha value is -2.63. The summed E-state index contributed by atoms with van der Waals surface area (Å²) in [5.74, 6) is 1.54. The van der Waals surface area contributed by atoms with E-state index in [0.29, 0.717) is 16.0 Å². The SMILES string of the molecule is S=C(Nc1ccc(Oc2ccccc2)cc1)Nc1cccnc1Cl. The van der Waals surface area contributed by atoms with E-state index in [4.69, 9.17) is 28.6 Å². The highest BCUT2D eigenvalue weighted by Crippen LogP contribution is 2.23. The van der Waals surface area contributed by atoms with Gasteiger partial charge in [0.1, 0.15) is 11.5 Å². The van der Waals surface area contributed by atoms with E-state index in [1.165, 1.54) is 0 Å². The Kier molecular flexibility index (Phi) is 5.25. The number of hydrogen-bond acceptors (Lipinski definition) is 3. The molecule has 6 heteroatoms. The van der Waals surface area contributed by atoms with Gasteiger partial charge in [0.2, 0.25) is 0 Å². The number of anilines is 2. The topological polar surface area (TPSA) is 46.2 Å². The summed E-state index contributed by atoms with van der Waals surface area (Å²) in [6.07, 6.45) is 1.62. The van der Waals surface area contributed by atoms with Crippen molar-refractivity contribution < 1.29 is 4.74 Å². The lowest BCUT2D eigenvalue weighted by Crippen LogP contribution is -2.19. The lowest BCUT2D eigenvalue weighted by molar-refractivity contribution is 0.483. The van der Waals surface area contributed by atoms with E-state index in [1.807, 2.05) is 54.6 Å². The summed E-state index contributed by atoms with van der Waals surface area (Å²) >= 11 is 11.3. The molecule has 0 amide bonds. The van der Waals surface area contributed by atoms with Crippen molar-refractivity contribution in [3.8, 4) is 11.5 Å². The zero-order valence-corrected chi connectivity index (χ0v) is 14.1. The number of halogens is 1. The van der Waals surface area contributed by atoms with Crippen molar-refractivity contribution in [2.45, 2.75) is 0 Å². The van der Waals surface area contributed by atoms with Gasteiger partial charge in [-0.1, -0.05) is 29.8 Å². The Morgan fingerprint density at radius 2 is 1.58 bits per heavy atom. The fourth-order valence-corrected chi connectivity index (χ4v) is 2.39. The molecule has 0 aliphatic rings. The highest BCUT2D eigenvalue weighted by Gasteiger charge is 2.04. The molecule has 1 aromatic heterocycles. The largest absolute Gasteiger partial charge is 0.457 e. The maximum Gasteiger partial charge on any atom is 0.175 e. The highest BCUT2D eigenvalue weighted by molar-refractivity contribution is 7.80. The normalized spacial score (nSPS) is 10.0.